The Morgan fingerprint density at radius 3 is 2.35 bits per heavy atom. The number of methoxy groups -OCH3 is 1. The highest BCUT2D eigenvalue weighted by Crippen LogP contribution is 2.43. The van der Waals surface area contributed by atoms with Crippen molar-refractivity contribution in [2.45, 2.75) is 30.6 Å². The van der Waals surface area contributed by atoms with Crippen molar-refractivity contribution in [2.24, 2.45) is 5.41 Å². The molecule has 2 aliphatic heterocycles. The largest absolute Gasteiger partial charge is 0.497 e. The van der Waals surface area contributed by atoms with E-state index in [1.54, 1.807) is 47.8 Å². The Bertz CT molecular complexity index is 1230. The first kappa shape index (κ1) is 23.2. The fraction of sp³-hybridized carbons (Fsp3) is 0.417. The average molecular weight is 503 g/mol. The van der Waals surface area contributed by atoms with Gasteiger partial charge in [0.1, 0.15) is 17.4 Å². The first-order valence-corrected chi connectivity index (χ1v) is 13.5. The van der Waals surface area contributed by atoms with Gasteiger partial charge in [-0.15, -0.1) is 0 Å². The normalized spacial score (nSPS) is 18.1. The van der Waals surface area contributed by atoms with Gasteiger partial charge in [-0.1, -0.05) is 12.1 Å². The Morgan fingerprint density at radius 2 is 1.71 bits per heavy atom. The zero-order chi connectivity index (χ0) is 23.8. The van der Waals surface area contributed by atoms with Crippen molar-refractivity contribution in [2.75, 3.05) is 38.2 Å². The van der Waals surface area contributed by atoms with Crippen molar-refractivity contribution in [3.05, 3.63) is 65.7 Å². The van der Waals surface area contributed by atoms with Gasteiger partial charge in [0.2, 0.25) is 15.2 Å². The minimum Gasteiger partial charge on any atom is -0.497 e. The second-order valence-corrected chi connectivity index (χ2v) is 11.7. The van der Waals surface area contributed by atoms with E-state index in [0.29, 0.717) is 23.7 Å². The summed E-state index contributed by atoms with van der Waals surface area (Å²) < 4.78 is 50.3. The molecule has 0 aliphatic carbocycles. The van der Waals surface area contributed by atoms with E-state index in [9.17, 15) is 12.8 Å². The second kappa shape index (κ2) is 9.24. The second-order valence-electron chi connectivity index (χ2n) is 9.06. The number of aryl methyl sites for hydroxylation is 2. The minimum absolute atomic E-state index is 0.145. The van der Waals surface area contributed by atoms with E-state index in [1.807, 2.05) is 0 Å². The Kier molecular flexibility index (Phi) is 6.30. The molecule has 0 saturated carbocycles. The molecule has 0 amide bonds. The highest BCUT2D eigenvalue weighted by atomic mass is 32.2. The molecule has 34 heavy (non-hydrogen) atoms. The molecule has 3 aromatic rings. The fourth-order valence-corrected chi connectivity index (χ4v) is 6.85. The summed E-state index contributed by atoms with van der Waals surface area (Å²) >= 11 is 1.41. The number of aromatic nitrogens is 2. The number of ether oxygens (including phenoxy) is 1. The molecule has 0 unspecified atom stereocenters. The number of sulfonamides is 1. The van der Waals surface area contributed by atoms with Gasteiger partial charge in [-0.25, -0.2) is 17.8 Å². The van der Waals surface area contributed by atoms with Gasteiger partial charge in [-0.2, -0.15) is 8.68 Å². The van der Waals surface area contributed by atoms with Crippen LogP contribution in [0.1, 0.15) is 24.2 Å². The molecule has 1 aromatic heterocycles. The van der Waals surface area contributed by atoms with Gasteiger partial charge in [0.05, 0.1) is 12.0 Å². The van der Waals surface area contributed by atoms with Crippen molar-refractivity contribution in [1.82, 2.24) is 13.7 Å². The molecule has 0 bridgehead atoms. The molecule has 5 rings (SSSR count). The predicted octanol–water partition coefficient (Wildman–Crippen LogP) is 3.76. The number of halogens is 1. The van der Waals surface area contributed by atoms with E-state index >= 15 is 0 Å². The summed E-state index contributed by atoms with van der Waals surface area (Å²) in [6, 6.07) is 13.1. The molecule has 2 aliphatic rings. The van der Waals surface area contributed by atoms with Crippen LogP contribution >= 0.6 is 11.5 Å². The smallest absolute Gasteiger partial charge is 0.243 e. The molecule has 2 fully saturated rings. The number of hydrogen-bond acceptors (Lipinski definition) is 7. The topological polar surface area (TPSA) is 75.6 Å². The summed E-state index contributed by atoms with van der Waals surface area (Å²) in [4.78, 5) is 7.24. The van der Waals surface area contributed by atoms with Gasteiger partial charge in [-0.05, 0) is 61.2 Å². The van der Waals surface area contributed by atoms with Crippen LogP contribution in [0.4, 0.5) is 9.52 Å². The van der Waals surface area contributed by atoms with E-state index in [-0.39, 0.29) is 11.2 Å². The van der Waals surface area contributed by atoms with Crippen LogP contribution in [0.3, 0.4) is 0 Å². The number of nitrogens with zero attached hydrogens (tertiary/aromatic N) is 4. The summed E-state index contributed by atoms with van der Waals surface area (Å²) in [5, 5.41) is 0.924. The number of hydrogen-bond donors (Lipinski definition) is 0. The summed E-state index contributed by atoms with van der Waals surface area (Å²) in [6.45, 7) is 2.83. The maximum absolute atomic E-state index is 13.1. The summed E-state index contributed by atoms with van der Waals surface area (Å²) in [7, 11) is -1.93. The van der Waals surface area contributed by atoms with Gasteiger partial charge in [0.15, 0.2) is 0 Å². The lowest BCUT2D eigenvalue weighted by atomic mass is 9.73. The van der Waals surface area contributed by atoms with E-state index < -0.39 is 10.0 Å². The third kappa shape index (κ3) is 4.67. The molecule has 3 heterocycles. The van der Waals surface area contributed by atoms with Crippen LogP contribution in [-0.2, 0) is 22.9 Å². The molecule has 7 nitrogen and oxygen atoms in total. The van der Waals surface area contributed by atoms with Gasteiger partial charge >= 0.3 is 0 Å². The van der Waals surface area contributed by atoms with Crippen LogP contribution in [0.25, 0.3) is 0 Å². The third-order valence-electron chi connectivity index (χ3n) is 6.81. The van der Waals surface area contributed by atoms with E-state index in [2.05, 4.69) is 9.27 Å². The molecule has 180 valence electrons. The minimum atomic E-state index is -3.49. The average Bonchev–Trinajstić information content (AvgIpc) is 3.31. The third-order valence-corrected chi connectivity index (χ3v) is 9.54. The highest BCUT2D eigenvalue weighted by molar-refractivity contribution is 7.89. The standard InChI is InChI=1S/C24H27FN4O3S2/c1-32-20-7-9-21(10-8-20)34(30,31)29-14-12-24(13-15-29)16-28(17-24)23-26-22(27-33-23)11-4-18-2-5-19(25)6-3-18/h2-3,5-10H,4,11-17H2,1H3. The van der Waals surface area contributed by atoms with Gasteiger partial charge in [-0.3, -0.25) is 0 Å². The molecule has 0 radical (unpaired) electrons. The highest BCUT2D eigenvalue weighted by Gasteiger charge is 2.47. The molecule has 2 aromatic carbocycles. The van der Waals surface area contributed by atoms with Crippen LogP contribution in [0, 0.1) is 11.2 Å². The molecular weight excluding hydrogens is 475 g/mol. The Morgan fingerprint density at radius 1 is 1.03 bits per heavy atom. The summed E-state index contributed by atoms with van der Waals surface area (Å²) in [5.41, 5.74) is 1.21. The predicted molar refractivity (Wildman–Crippen MR) is 129 cm³/mol. The SMILES string of the molecule is COc1ccc(S(=O)(=O)N2CCC3(CC2)CN(c2nc(CCc4ccc(F)cc4)ns2)C3)cc1. The van der Waals surface area contributed by atoms with E-state index in [1.165, 1.54) is 23.7 Å². The van der Waals surface area contributed by atoms with Crippen LogP contribution in [-0.4, -0.2) is 55.4 Å². The number of anilines is 1. The Hall–Kier alpha value is -2.56. The molecule has 2 saturated heterocycles. The van der Waals surface area contributed by atoms with Gasteiger partial charge < -0.3 is 9.64 Å². The monoisotopic (exact) mass is 502 g/mol. The van der Waals surface area contributed by atoms with Crippen molar-refractivity contribution >= 4 is 26.7 Å². The van der Waals surface area contributed by atoms with Crippen molar-refractivity contribution in [3.8, 4) is 5.75 Å². The maximum Gasteiger partial charge on any atom is 0.243 e. The number of rotatable bonds is 7. The van der Waals surface area contributed by atoms with Crippen LogP contribution in [0.2, 0.25) is 0 Å². The lowest BCUT2D eigenvalue weighted by Crippen LogP contribution is -2.61. The van der Waals surface area contributed by atoms with E-state index in [0.717, 1.165) is 55.3 Å². The zero-order valence-electron chi connectivity index (χ0n) is 19.0. The first-order chi connectivity index (χ1) is 16.4. The Labute approximate surface area is 203 Å². The van der Waals surface area contributed by atoms with Gasteiger partial charge in [0, 0.05) is 49.5 Å². The summed E-state index contributed by atoms with van der Waals surface area (Å²) in [6.07, 6.45) is 3.18. The van der Waals surface area contributed by atoms with Crippen molar-refractivity contribution in [1.29, 1.82) is 0 Å². The maximum atomic E-state index is 13.1. The van der Waals surface area contributed by atoms with E-state index in [4.69, 9.17) is 9.72 Å². The number of benzene rings is 2. The van der Waals surface area contributed by atoms with Gasteiger partial charge in [0.25, 0.3) is 0 Å². The van der Waals surface area contributed by atoms with Crippen molar-refractivity contribution < 1.29 is 17.5 Å². The summed E-state index contributed by atoms with van der Waals surface area (Å²) in [5.74, 6) is 1.22. The van der Waals surface area contributed by atoms with Crippen LogP contribution < -0.4 is 9.64 Å². The van der Waals surface area contributed by atoms with Crippen molar-refractivity contribution in [3.63, 3.8) is 0 Å². The Balaban J connectivity index is 1.13. The molecular formula is C24H27FN4O3S2. The van der Waals surface area contributed by atoms with Crippen LogP contribution in [0.15, 0.2) is 53.4 Å². The van der Waals surface area contributed by atoms with Crippen LogP contribution in [0.5, 0.6) is 5.75 Å². The number of piperidine rings is 1. The fourth-order valence-electron chi connectivity index (χ4n) is 4.69. The quantitative estimate of drug-likeness (QED) is 0.490. The first-order valence-electron chi connectivity index (χ1n) is 11.3. The molecule has 10 heteroatoms. The zero-order valence-corrected chi connectivity index (χ0v) is 20.6. The molecule has 0 atom stereocenters. The molecule has 1 spiro atoms. The lowest BCUT2D eigenvalue weighted by Gasteiger charge is -2.53. The lowest BCUT2D eigenvalue weighted by molar-refractivity contribution is 0.114. The molecule has 0 N–H and O–H groups in total.